The van der Waals surface area contributed by atoms with Crippen LogP contribution in [-0.2, 0) is 16.6 Å². The number of nitrogens with zero attached hydrogens (tertiary/aromatic N) is 3. The van der Waals surface area contributed by atoms with Gasteiger partial charge in [0.1, 0.15) is 0 Å². The zero-order chi connectivity index (χ0) is 19.6. The summed E-state index contributed by atoms with van der Waals surface area (Å²) in [6.07, 6.45) is 0. The van der Waals surface area contributed by atoms with Gasteiger partial charge in [0.05, 0.1) is 16.3 Å². The fourth-order valence-electron chi connectivity index (χ4n) is 2.64. The molecule has 0 aliphatic rings. The molecule has 5 nitrogen and oxygen atoms in total. The van der Waals surface area contributed by atoms with E-state index in [9.17, 15) is 8.42 Å². The summed E-state index contributed by atoms with van der Waals surface area (Å²) < 4.78 is 28.3. The number of sulfonamides is 1. The van der Waals surface area contributed by atoms with E-state index < -0.39 is 10.0 Å². The van der Waals surface area contributed by atoms with Crippen molar-refractivity contribution in [2.45, 2.75) is 18.4 Å². The molecule has 0 unspecified atom stereocenters. The largest absolute Gasteiger partial charge is 0.317 e. The molecule has 1 heterocycles. The second kappa shape index (κ2) is 7.98. The maximum Gasteiger partial charge on any atom is 0.242 e. The number of thiazole rings is 1. The summed E-state index contributed by atoms with van der Waals surface area (Å²) in [5.41, 5.74) is 2.50. The predicted octanol–water partition coefficient (Wildman–Crippen LogP) is 4.37. The molecular weight excluding hydrogens is 402 g/mol. The van der Waals surface area contributed by atoms with Crippen molar-refractivity contribution >= 4 is 38.6 Å². The summed E-state index contributed by atoms with van der Waals surface area (Å²) in [6, 6.07) is 14.6. The number of hydrogen-bond acceptors (Lipinski definition) is 4. The van der Waals surface area contributed by atoms with Gasteiger partial charge >= 0.3 is 0 Å². The van der Waals surface area contributed by atoms with Crippen LogP contribution in [0.3, 0.4) is 0 Å². The molecule has 1 aromatic heterocycles. The highest BCUT2D eigenvalue weighted by Gasteiger charge is 2.20. The first kappa shape index (κ1) is 19.8. The first-order valence-electron chi connectivity index (χ1n) is 8.34. The molecule has 0 saturated carbocycles. The van der Waals surface area contributed by atoms with Crippen LogP contribution in [0.15, 0.2) is 63.8 Å². The Hall–Kier alpha value is -1.93. The summed E-state index contributed by atoms with van der Waals surface area (Å²) in [6.45, 7) is 2.73. The van der Waals surface area contributed by atoms with Crippen molar-refractivity contribution < 1.29 is 8.42 Å². The first-order chi connectivity index (χ1) is 12.8. The Kier molecular flexibility index (Phi) is 5.86. The summed E-state index contributed by atoms with van der Waals surface area (Å²) in [7, 11) is -0.565. The third-order valence-corrected chi connectivity index (χ3v) is 6.92. The first-order valence-corrected chi connectivity index (χ1v) is 11.0. The second-order valence-electron chi connectivity index (χ2n) is 6.06. The lowest BCUT2D eigenvalue weighted by Crippen LogP contribution is -2.22. The van der Waals surface area contributed by atoms with Crippen LogP contribution in [0, 0.1) is 0 Å². The Bertz CT molecular complexity index is 1120. The molecule has 0 bridgehead atoms. The van der Waals surface area contributed by atoms with Gasteiger partial charge in [-0.2, -0.15) is 0 Å². The van der Waals surface area contributed by atoms with Crippen LogP contribution in [0.4, 0.5) is 5.69 Å². The molecule has 0 amide bonds. The Balaban J connectivity index is 2.16. The normalized spacial score (nSPS) is 12.7. The maximum atomic E-state index is 12.5. The van der Waals surface area contributed by atoms with E-state index in [2.05, 4.69) is 4.57 Å². The zero-order valence-corrected chi connectivity index (χ0v) is 17.6. The standard InChI is InChI=1S/C19H20ClN3O2S2/c1-4-23-18(13-26-19(23)21-16-8-6-5-7-9-16)14-10-15(20)12-17(11-14)27(24,25)22(2)3/h5-13H,4H2,1-3H3. The van der Waals surface area contributed by atoms with Gasteiger partial charge in [-0.05, 0) is 37.3 Å². The molecule has 3 rings (SSSR count). The van der Waals surface area contributed by atoms with Gasteiger partial charge in [0.25, 0.3) is 0 Å². The van der Waals surface area contributed by atoms with E-state index in [4.69, 9.17) is 16.6 Å². The van der Waals surface area contributed by atoms with Gasteiger partial charge in [0.2, 0.25) is 10.0 Å². The van der Waals surface area contributed by atoms with E-state index in [0.717, 1.165) is 21.7 Å². The minimum Gasteiger partial charge on any atom is -0.317 e. The van der Waals surface area contributed by atoms with E-state index in [1.807, 2.05) is 42.6 Å². The highest BCUT2D eigenvalue weighted by molar-refractivity contribution is 7.89. The molecule has 0 fully saturated rings. The second-order valence-corrected chi connectivity index (χ2v) is 9.48. The average molecular weight is 422 g/mol. The van der Waals surface area contributed by atoms with Gasteiger partial charge in [-0.3, -0.25) is 0 Å². The fourth-order valence-corrected chi connectivity index (χ4v) is 4.90. The van der Waals surface area contributed by atoms with Gasteiger partial charge in [-0.15, -0.1) is 11.3 Å². The minimum absolute atomic E-state index is 0.172. The molecule has 0 radical (unpaired) electrons. The van der Waals surface area contributed by atoms with Crippen LogP contribution in [0.2, 0.25) is 5.02 Å². The summed E-state index contributed by atoms with van der Waals surface area (Å²) >= 11 is 7.74. The van der Waals surface area contributed by atoms with Crippen molar-refractivity contribution in [3.8, 4) is 11.3 Å². The average Bonchev–Trinajstić information content (AvgIpc) is 3.04. The van der Waals surface area contributed by atoms with Crippen molar-refractivity contribution in [1.82, 2.24) is 8.87 Å². The minimum atomic E-state index is -3.57. The Morgan fingerprint density at radius 2 is 1.85 bits per heavy atom. The predicted molar refractivity (Wildman–Crippen MR) is 111 cm³/mol. The van der Waals surface area contributed by atoms with Crippen LogP contribution in [-0.4, -0.2) is 31.4 Å². The van der Waals surface area contributed by atoms with Crippen molar-refractivity contribution in [3.05, 3.63) is 63.7 Å². The Morgan fingerprint density at radius 3 is 2.48 bits per heavy atom. The van der Waals surface area contributed by atoms with E-state index >= 15 is 0 Å². The van der Waals surface area contributed by atoms with E-state index in [1.165, 1.54) is 35.8 Å². The van der Waals surface area contributed by atoms with Crippen LogP contribution in [0.1, 0.15) is 6.92 Å². The van der Waals surface area contributed by atoms with Crippen molar-refractivity contribution in [2.24, 2.45) is 4.99 Å². The van der Waals surface area contributed by atoms with Crippen LogP contribution < -0.4 is 4.80 Å². The van der Waals surface area contributed by atoms with E-state index in [1.54, 1.807) is 12.1 Å². The lowest BCUT2D eigenvalue weighted by molar-refractivity contribution is 0.521. The fraction of sp³-hybridized carbons (Fsp3) is 0.211. The third-order valence-electron chi connectivity index (χ3n) is 4.04. The van der Waals surface area contributed by atoms with Gasteiger partial charge in [0.15, 0.2) is 4.80 Å². The summed E-state index contributed by atoms with van der Waals surface area (Å²) in [5, 5.41) is 2.35. The highest BCUT2D eigenvalue weighted by Crippen LogP contribution is 2.28. The lowest BCUT2D eigenvalue weighted by atomic mass is 10.2. The molecule has 8 heteroatoms. The van der Waals surface area contributed by atoms with E-state index in [-0.39, 0.29) is 4.90 Å². The number of halogens is 1. The Labute approximate surface area is 168 Å². The molecule has 2 aromatic carbocycles. The molecular formula is C19H20ClN3O2S2. The van der Waals surface area contributed by atoms with Gasteiger partial charge < -0.3 is 4.57 Å². The molecule has 0 N–H and O–H groups in total. The van der Waals surface area contributed by atoms with Gasteiger partial charge in [-0.25, -0.2) is 17.7 Å². The number of aromatic nitrogens is 1. The highest BCUT2D eigenvalue weighted by atomic mass is 35.5. The third kappa shape index (κ3) is 4.16. The number of rotatable bonds is 5. The van der Waals surface area contributed by atoms with Crippen LogP contribution in [0.25, 0.3) is 11.3 Å². The Morgan fingerprint density at radius 1 is 1.15 bits per heavy atom. The van der Waals surface area contributed by atoms with Crippen molar-refractivity contribution in [1.29, 1.82) is 0 Å². The molecule has 142 valence electrons. The molecule has 27 heavy (non-hydrogen) atoms. The van der Waals surface area contributed by atoms with Gasteiger partial charge in [-0.1, -0.05) is 29.8 Å². The maximum absolute atomic E-state index is 12.5. The number of hydrogen-bond donors (Lipinski definition) is 0. The smallest absolute Gasteiger partial charge is 0.242 e. The van der Waals surface area contributed by atoms with Crippen LogP contribution in [0.5, 0.6) is 0 Å². The molecule has 0 atom stereocenters. The van der Waals surface area contributed by atoms with Crippen molar-refractivity contribution in [2.75, 3.05) is 14.1 Å². The number of benzene rings is 2. The van der Waals surface area contributed by atoms with Crippen molar-refractivity contribution in [3.63, 3.8) is 0 Å². The SMILES string of the molecule is CCn1c(-c2cc(Cl)cc(S(=O)(=O)N(C)C)c2)csc1=Nc1ccccc1. The molecule has 0 aliphatic carbocycles. The summed E-state index contributed by atoms with van der Waals surface area (Å²) in [4.78, 5) is 5.72. The summed E-state index contributed by atoms with van der Waals surface area (Å²) in [5.74, 6) is 0. The topological polar surface area (TPSA) is 54.7 Å². The zero-order valence-electron chi connectivity index (χ0n) is 15.3. The van der Waals surface area contributed by atoms with E-state index in [0.29, 0.717) is 11.6 Å². The molecule has 0 aliphatic heterocycles. The quantitative estimate of drug-likeness (QED) is 0.614. The number of para-hydroxylation sites is 1. The molecule has 0 spiro atoms. The van der Waals surface area contributed by atoms with Crippen LogP contribution >= 0.6 is 22.9 Å². The molecule has 3 aromatic rings. The lowest BCUT2D eigenvalue weighted by Gasteiger charge is -2.13. The van der Waals surface area contributed by atoms with Gasteiger partial charge in [0, 0.05) is 36.6 Å². The monoisotopic (exact) mass is 421 g/mol. The molecule has 0 saturated heterocycles.